The molecule has 0 radical (unpaired) electrons. The summed E-state index contributed by atoms with van der Waals surface area (Å²) in [6.45, 7) is 0. The predicted molar refractivity (Wildman–Crippen MR) is 114 cm³/mol. The van der Waals surface area contributed by atoms with Crippen molar-refractivity contribution in [1.82, 2.24) is 20.6 Å². The van der Waals surface area contributed by atoms with Gasteiger partial charge in [0.2, 0.25) is 5.91 Å². The first-order valence-electron chi connectivity index (χ1n) is 8.89. The lowest BCUT2D eigenvalue weighted by molar-refractivity contribution is -0.122. The number of aromatic nitrogens is 2. The van der Waals surface area contributed by atoms with Crippen molar-refractivity contribution in [3.05, 3.63) is 52.5 Å². The summed E-state index contributed by atoms with van der Waals surface area (Å²) >= 11 is 3.19. The molecule has 2 heterocycles. The van der Waals surface area contributed by atoms with Crippen LogP contribution in [0.2, 0.25) is 0 Å². The molecule has 7 nitrogen and oxygen atoms in total. The van der Waals surface area contributed by atoms with Crippen LogP contribution in [0, 0.1) is 0 Å². The summed E-state index contributed by atoms with van der Waals surface area (Å²) in [5.41, 5.74) is 7.09. The molecule has 0 unspecified atom stereocenters. The first-order chi connectivity index (χ1) is 13.6. The number of thiophene rings is 1. The van der Waals surface area contributed by atoms with Crippen LogP contribution < -0.4 is 16.4 Å². The van der Waals surface area contributed by atoms with Gasteiger partial charge in [0, 0.05) is 4.88 Å². The summed E-state index contributed by atoms with van der Waals surface area (Å²) in [4.78, 5) is 32.9. The van der Waals surface area contributed by atoms with E-state index in [2.05, 4.69) is 20.6 Å². The zero-order chi connectivity index (χ0) is 19.9. The van der Waals surface area contributed by atoms with Gasteiger partial charge >= 0.3 is 6.03 Å². The number of amides is 3. The summed E-state index contributed by atoms with van der Waals surface area (Å²) in [6, 6.07) is 10.2. The number of rotatable bonds is 9. The predicted octanol–water partition coefficient (Wildman–Crippen LogP) is 3.33. The number of carbonyl (C=O) groups excluding carboxylic acids is 2. The Labute approximate surface area is 171 Å². The number of H-pyrrole nitrogens is 1. The van der Waals surface area contributed by atoms with Gasteiger partial charge in [0.15, 0.2) is 0 Å². The van der Waals surface area contributed by atoms with E-state index in [1.165, 1.54) is 11.3 Å². The Bertz CT molecular complexity index is 892. The minimum atomic E-state index is -0.651. The van der Waals surface area contributed by atoms with Crippen LogP contribution >= 0.6 is 23.1 Å². The molecule has 0 aliphatic rings. The standard InChI is InChI=1S/C19H23N5O2S2/c1-27-10-8-14(18-22-12-5-2-3-6-13(12)23-18)21-17(25)11-15(24-19(20)26)16-7-4-9-28-16/h2-7,9,14-15H,8,10-11H2,1H3,(H,21,25)(H,22,23)(H3,20,24,26)/t14-,15-/m1/s1. The van der Waals surface area contributed by atoms with Crippen LogP contribution in [0.3, 0.4) is 0 Å². The largest absolute Gasteiger partial charge is 0.352 e. The average molecular weight is 418 g/mol. The van der Waals surface area contributed by atoms with Crippen molar-refractivity contribution in [2.24, 2.45) is 5.73 Å². The maximum absolute atomic E-state index is 12.7. The summed E-state index contributed by atoms with van der Waals surface area (Å²) in [5.74, 6) is 1.45. The number of aromatic amines is 1. The lowest BCUT2D eigenvalue weighted by Gasteiger charge is -2.20. The molecule has 9 heteroatoms. The zero-order valence-electron chi connectivity index (χ0n) is 15.5. The topological polar surface area (TPSA) is 113 Å². The highest BCUT2D eigenvalue weighted by Crippen LogP contribution is 2.24. The smallest absolute Gasteiger partial charge is 0.312 e. The molecule has 28 heavy (non-hydrogen) atoms. The SMILES string of the molecule is CSCC[C@@H](NC(=O)C[C@@H](NC(N)=O)c1cccs1)c1nc2ccccc2[nH]1. The molecule has 3 rings (SSSR count). The van der Waals surface area contributed by atoms with Crippen molar-refractivity contribution in [3.8, 4) is 0 Å². The first-order valence-corrected chi connectivity index (χ1v) is 11.2. The molecule has 0 saturated heterocycles. The number of carbonyl (C=O) groups is 2. The second-order valence-electron chi connectivity index (χ2n) is 6.32. The molecule has 2 atom stereocenters. The monoisotopic (exact) mass is 417 g/mol. The highest BCUT2D eigenvalue weighted by atomic mass is 32.2. The van der Waals surface area contributed by atoms with Crippen molar-refractivity contribution >= 4 is 46.1 Å². The molecule has 5 N–H and O–H groups in total. The van der Waals surface area contributed by atoms with Crippen molar-refractivity contribution < 1.29 is 9.59 Å². The Kier molecular flexibility index (Phi) is 6.94. The summed E-state index contributed by atoms with van der Waals surface area (Å²) in [6.07, 6.45) is 2.89. The van der Waals surface area contributed by atoms with Gasteiger partial charge in [0.25, 0.3) is 0 Å². The molecule has 0 bridgehead atoms. The molecule has 3 aromatic rings. The number of nitrogens with two attached hydrogens (primary N) is 1. The fraction of sp³-hybridized carbons (Fsp3) is 0.316. The van der Waals surface area contributed by atoms with Crippen molar-refractivity contribution in [1.29, 1.82) is 0 Å². The number of para-hydroxylation sites is 2. The van der Waals surface area contributed by atoms with Crippen LogP contribution in [0.4, 0.5) is 4.79 Å². The zero-order valence-corrected chi connectivity index (χ0v) is 17.1. The van der Waals surface area contributed by atoms with Gasteiger partial charge in [-0.2, -0.15) is 11.8 Å². The lowest BCUT2D eigenvalue weighted by Crippen LogP contribution is -2.37. The Morgan fingerprint density at radius 1 is 1.21 bits per heavy atom. The number of hydrogen-bond acceptors (Lipinski definition) is 5. The Morgan fingerprint density at radius 2 is 2.04 bits per heavy atom. The average Bonchev–Trinajstić information content (AvgIpc) is 3.33. The fourth-order valence-corrected chi connectivity index (χ4v) is 4.22. The van der Waals surface area contributed by atoms with E-state index >= 15 is 0 Å². The van der Waals surface area contributed by atoms with Gasteiger partial charge in [0.1, 0.15) is 5.82 Å². The molecule has 2 aromatic heterocycles. The van der Waals surface area contributed by atoms with E-state index in [1.54, 1.807) is 11.8 Å². The van der Waals surface area contributed by atoms with E-state index in [0.29, 0.717) is 0 Å². The molecule has 3 amide bonds. The van der Waals surface area contributed by atoms with Gasteiger partial charge in [-0.15, -0.1) is 11.3 Å². The van der Waals surface area contributed by atoms with Gasteiger partial charge in [0.05, 0.1) is 29.5 Å². The number of fused-ring (bicyclic) bond motifs is 1. The van der Waals surface area contributed by atoms with Gasteiger partial charge in [-0.05, 0) is 42.0 Å². The Morgan fingerprint density at radius 3 is 2.71 bits per heavy atom. The number of benzene rings is 1. The van der Waals surface area contributed by atoms with Gasteiger partial charge in [-0.25, -0.2) is 9.78 Å². The van der Waals surface area contributed by atoms with Crippen LogP contribution in [0.15, 0.2) is 41.8 Å². The van der Waals surface area contributed by atoms with E-state index in [0.717, 1.165) is 33.9 Å². The number of primary amides is 1. The van der Waals surface area contributed by atoms with Crippen molar-refractivity contribution in [2.75, 3.05) is 12.0 Å². The normalized spacial score (nSPS) is 13.2. The molecular weight excluding hydrogens is 394 g/mol. The van der Waals surface area contributed by atoms with Gasteiger partial charge in [-0.1, -0.05) is 18.2 Å². The van der Waals surface area contributed by atoms with E-state index in [4.69, 9.17) is 5.73 Å². The van der Waals surface area contributed by atoms with Gasteiger partial charge in [-0.3, -0.25) is 4.79 Å². The summed E-state index contributed by atoms with van der Waals surface area (Å²) in [7, 11) is 0. The van der Waals surface area contributed by atoms with Crippen molar-refractivity contribution in [3.63, 3.8) is 0 Å². The third-order valence-electron chi connectivity index (χ3n) is 4.28. The minimum Gasteiger partial charge on any atom is -0.352 e. The number of nitrogens with zero attached hydrogens (tertiary/aromatic N) is 1. The van der Waals surface area contributed by atoms with E-state index in [9.17, 15) is 9.59 Å². The number of imidazole rings is 1. The Balaban J connectivity index is 1.73. The quantitative estimate of drug-likeness (QED) is 0.428. The number of hydrogen-bond donors (Lipinski definition) is 4. The molecule has 0 aliphatic carbocycles. The van der Waals surface area contributed by atoms with Crippen molar-refractivity contribution in [2.45, 2.75) is 24.9 Å². The minimum absolute atomic E-state index is 0.111. The maximum Gasteiger partial charge on any atom is 0.312 e. The van der Waals surface area contributed by atoms with Crippen LogP contribution in [0.25, 0.3) is 11.0 Å². The van der Waals surface area contributed by atoms with Gasteiger partial charge < -0.3 is 21.4 Å². The van der Waals surface area contributed by atoms with Crippen LogP contribution in [-0.4, -0.2) is 33.9 Å². The van der Waals surface area contributed by atoms with E-state index in [-0.39, 0.29) is 18.4 Å². The molecule has 148 valence electrons. The number of urea groups is 1. The molecule has 0 fully saturated rings. The molecule has 0 aliphatic heterocycles. The second kappa shape index (κ2) is 9.61. The first kappa shape index (κ1) is 20.2. The lowest BCUT2D eigenvalue weighted by atomic mass is 10.1. The van der Waals surface area contributed by atoms with Crippen LogP contribution in [-0.2, 0) is 4.79 Å². The molecular formula is C19H23N5O2S2. The maximum atomic E-state index is 12.7. The Hall–Kier alpha value is -2.52. The van der Waals surface area contributed by atoms with E-state index < -0.39 is 12.1 Å². The molecule has 1 aromatic carbocycles. The highest BCUT2D eigenvalue weighted by molar-refractivity contribution is 7.98. The summed E-state index contributed by atoms with van der Waals surface area (Å²) < 4.78 is 0. The van der Waals surface area contributed by atoms with E-state index in [1.807, 2.05) is 48.0 Å². The highest BCUT2D eigenvalue weighted by Gasteiger charge is 2.22. The third kappa shape index (κ3) is 5.26. The molecule has 0 spiro atoms. The van der Waals surface area contributed by atoms with Crippen LogP contribution in [0.5, 0.6) is 0 Å². The second-order valence-corrected chi connectivity index (χ2v) is 8.29. The third-order valence-corrected chi connectivity index (χ3v) is 5.91. The number of thioether (sulfide) groups is 1. The fourth-order valence-electron chi connectivity index (χ4n) is 2.97. The van der Waals surface area contributed by atoms with Crippen LogP contribution in [0.1, 0.15) is 35.6 Å². The molecule has 0 saturated carbocycles. The summed E-state index contributed by atoms with van der Waals surface area (Å²) in [5, 5.41) is 7.61. The number of nitrogens with one attached hydrogen (secondary N) is 3.